The first-order chi connectivity index (χ1) is 7.68. The van der Waals surface area contributed by atoms with Gasteiger partial charge in [-0.05, 0) is 24.3 Å². The summed E-state index contributed by atoms with van der Waals surface area (Å²) < 4.78 is 4.99. The van der Waals surface area contributed by atoms with Gasteiger partial charge in [0.15, 0.2) is 17.3 Å². The summed E-state index contributed by atoms with van der Waals surface area (Å²) in [5.41, 5.74) is 0. The van der Waals surface area contributed by atoms with Crippen molar-refractivity contribution < 1.29 is 18.8 Å². The number of carbonyl (C=O) groups excluding carboxylic acids is 3. The first kappa shape index (κ1) is 10.5. The molecule has 0 N–H and O–H groups in total. The molecular weight excluding hydrogens is 208 g/mol. The monoisotopic (exact) mass is 218 g/mol. The van der Waals surface area contributed by atoms with Crippen LogP contribution in [0.25, 0.3) is 6.08 Å². The van der Waals surface area contributed by atoms with Gasteiger partial charge in [-0.1, -0.05) is 0 Å². The van der Waals surface area contributed by atoms with Crippen LogP contribution in [0.2, 0.25) is 0 Å². The molecule has 0 unspecified atom stereocenters. The Morgan fingerprint density at radius 1 is 1.31 bits per heavy atom. The van der Waals surface area contributed by atoms with Crippen molar-refractivity contribution in [1.82, 2.24) is 0 Å². The SMILES string of the molecule is O=C(/C=C/c1ccco1)C1C(=O)CCC1=O. The van der Waals surface area contributed by atoms with E-state index in [2.05, 4.69) is 0 Å². The summed E-state index contributed by atoms with van der Waals surface area (Å²) in [4.78, 5) is 34.2. The van der Waals surface area contributed by atoms with E-state index < -0.39 is 11.7 Å². The highest BCUT2D eigenvalue weighted by Gasteiger charge is 2.37. The van der Waals surface area contributed by atoms with E-state index in [9.17, 15) is 14.4 Å². The lowest BCUT2D eigenvalue weighted by Gasteiger charge is -1.99. The summed E-state index contributed by atoms with van der Waals surface area (Å²) in [5.74, 6) is -1.57. The molecule has 0 spiro atoms. The molecule has 0 bridgehead atoms. The molecule has 0 radical (unpaired) electrons. The van der Waals surface area contributed by atoms with E-state index >= 15 is 0 Å². The lowest BCUT2D eigenvalue weighted by molar-refractivity contribution is -0.133. The fourth-order valence-electron chi connectivity index (χ4n) is 1.68. The smallest absolute Gasteiger partial charge is 0.173 e. The number of hydrogen-bond donors (Lipinski definition) is 0. The van der Waals surface area contributed by atoms with Gasteiger partial charge >= 0.3 is 0 Å². The van der Waals surface area contributed by atoms with Crippen LogP contribution in [0, 0.1) is 5.92 Å². The lowest BCUT2D eigenvalue weighted by atomic mass is 10.0. The minimum absolute atomic E-state index is 0.184. The van der Waals surface area contributed by atoms with Crippen molar-refractivity contribution in [2.45, 2.75) is 12.8 Å². The molecule has 1 aromatic rings. The van der Waals surface area contributed by atoms with E-state index in [1.165, 1.54) is 18.4 Å². The normalized spacial score (nSPS) is 17.5. The van der Waals surface area contributed by atoms with Gasteiger partial charge in [0.05, 0.1) is 6.26 Å². The summed E-state index contributed by atoms with van der Waals surface area (Å²) in [6, 6.07) is 3.37. The maximum absolute atomic E-state index is 11.6. The van der Waals surface area contributed by atoms with E-state index in [1.54, 1.807) is 12.1 Å². The van der Waals surface area contributed by atoms with Crippen LogP contribution in [0.1, 0.15) is 18.6 Å². The van der Waals surface area contributed by atoms with Crippen LogP contribution in [0.4, 0.5) is 0 Å². The molecule has 1 aliphatic carbocycles. The number of furan rings is 1. The Kier molecular flexibility index (Phi) is 2.81. The van der Waals surface area contributed by atoms with E-state index in [4.69, 9.17) is 4.42 Å². The molecular formula is C12H10O4. The number of Topliss-reactive ketones (excluding diaryl/α,β-unsaturated/α-hetero) is 2. The molecule has 2 rings (SSSR count). The van der Waals surface area contributed by atoms with Gasteiger partial charge in [-0.2, -0.15) is 0 Å². The fourth-order valence-corrected chi connectivity index (χ4v) is 1.68. The van der Waals surface area contributed by atoms with Gasteiger partial charge in [-0.3, -0.25) is 14.4 Å². The molecule has 1 fully saturated rings. The molecule has 1 saturated carbocycles. The van der Waals surface area contributed by atoms with Crippen LogP contribution in [-0.2, 0) is 14.4 Å². The van der Waals surface area contributed by atoms with Gasteiger partial charge in [0, 0.05) is 12.8 Å². The molecule has 4 nitrogen and oxygen atoms in total. The van der Waals surface area contributed by atoms with E-state index in [0.717, 1.165) is 0 Å². The van der Waals surface area contributed by atoms with E-state index in [-0.39, 0.29) is 24.4 Å². The van der Waals surface area contributed by atoms with E-state index in [1.807, 2.05) is 0 Å². The Balaban J connectivity index is 2.08. The zero-order valence-corrected chi connectivity index (χ0v) is 8.51. The van der Waals surface area contributed by atoms with Crippen molar-refractivity contribution in [3.8, 4) is 0 Å². The topological polar surface area (TPSA) is 64.3 Å². The molecule has 16 heavy (non-hydrogen) atoms. The summed E-state index contributed by atoms with van der Waals surface area (Å²) in [6.45, 7) is 0. The maximum atomic E-state index is 11.6. The molecule has 4 heteroatoms. The summed E-state index contributed by atoms with van der Waals surface area (Å²) in [7, 11) is 0. The summed E-state index contributed by atoms with van der Waals surface area (Å²) in [5, 5.41) is 0. The number of allylic oxidation sites excluding steroid dienone is 1. The van der Waals surface area contributed by atoms with Crippen LogP contribution in [0.5, 0.6) is 0 Å². The molecule has 1 aromatic heterocycles. The third kappa shape index (κ3) is 2.00. The second-order valence-corrected chi connectivity index (χ2v) is 3.62. The van der Waals surface area contributed by atoms with Gasteiger partial charge in [-0.25, -0.2) is 0 Å². The van der Waals surface area contributed by atoms with Crippen LogP contribution in [0.15, 0.2) is 28.9 Å². The minimum atomic E-state index is -1.08. The van der Waals surface area contributed by atoms with Gasteiger partial charge < -0.3 is 4.42 Å². The molecule has 0 aliphatic heterocycles. The quantitative estimate of drug-likeness (QED) is 0.568. The van der Waals surface area contributed by atoms with Gasteiger partial charge in [-0.15, -0.1) is 0 Å². The van der Waals surface area contributed by atoms with E-state index in [0.29, 0.717) is 5.76 Å². The van der Waals surface area contributed by atoms with Crippen molar-refractivity contribution in [3.63, 3.8) is 0 Å². The first-order valence-electron chi connectivity index (χ1n) is 4.99. The maximum Gasteiger partial charge on any atom is 0.173 e. The van der Waals surface area contributed by atoms with Crippen molar-refractivity contribution in [2.75, 3.05) is 0 Å². The first-order valence-corrected chi connectivity index (χ1v) is 4.99. The van der Waals surface area contributed by atoms with Crippen LogP contribution < -0.4 is 0 Å². The van der Waals surface area contributed by atoms with Gasteiger partial charge in [0.2, 0.25) is 0 Å². The predicted molar refractivity (Wildman–Crippen MR) is 55.5 cm³/mol. The molecule has 1 heterocycles. The minimum Gasteiger partial charge on any atom is -0.465 e. The average Bonchev–Trinajstić information content (AvgIpc) is 2.86. The Bertz CT molecular complexity index is 437. The zero-order chi connectivity index (χ0) is 11.5. The third-order valence-corrected chi connectivity index (χ3v) is 2.50. The van der Waals surface area contributed by atoms with Gasteiger partial charge in [0.25, 0.3) is 0 Å². The Morgan fingerprint density at radius 3 is 2.56 bits per heavy atom. The highest BCUT2D eigenvalue weighted by atomic mass is 16.3. The van der Waals surface area contributed by atoms with Gasteiger partial charge in [0.1, 0.15) is 11.7 Å². The molecule has 0 aromatic carbocycles. The second-order valence-electron chi connectivity index (χ2n) is 3.62. The summed E-state index contributed by atoms with van der Waals surface area (Å²) >= 11 is 0. The third-order valence-electron chi connectivity index (χ3n) is 2.50. The number of ketones is 3. The van der Waals surface area contributed by atoms with Crippen LogP contribution in [0.3, 0.4) is 0 Å². The highest BCUT2D eigenvalue weighted by Crippen LogP contribution is 2.19. The number of carbonyl (C=O) groups is 3. The predicted octanol–water partition coefficient (Wildman–Crippen LogP) is 1.41. The molecule has 0 amide bonds. The van der Waals surface area contributed by atoms with Crippen LogP contribution in [-0.4, -0.2) is 17.3 Å². The van der Waals surface area contributed by atoms with Crippen molar-refractivity contribution >= 4 is 23.4 Å². The lowest BCUT2D eigenvalue weighted by Crippen LogP contribution is -2.23. The Labute approximate surface area is 91.9 Å². The largest absolute Gasteiger partial charge is 0.465 e. The Hall–Kier alpha value is -1.97. The molecule has 1 aliphatic rings. The Morgan fingerprint density at radius 2 is 2.00 bits per heavy atom. The average molecular weight is 218 g/mol. The fraction of sp³-hybridized carbons (Fsp3) is 0.250. The standard InChI is InChI=1S/C12H10O4/c13-9(4-3-8-2-1-7-16-8)12-10(14)5-6-11(12)15/h1-4,7,12H,5-6H2/b4-3+. The highest BCUT2D eigenvalue weighted by molar-refractivity contribution is 6.26. The van der Waals surface area contributed by atoms with Crippen molar-refractivity contribution in [3.05, 3.63) is 30.2 Å². The zero-order valence-electron chi connectivity index (χ0n) is 8.51. The molecule has 82 valence electrons. The second kappa shape index (κ2) is 4.26. The van der Waals surface area contributed by atoms with Crippen LogP contribution >= 0.6 is 0 Å². The van der Waals surface area contributed by atoms with Crippen molar-refractivity contribution in [2.24, 2.45) is 5.92 Å². The number of hydrogen-bond acceptors (Lipinski definition) is 4. The molecule has 0 atom stereocenters. The van der Waals surface area contributed by atoms with Crippen molar-refractivity contribution in [1.29, 1.82) is 0 Å². The molecule has 0 saturated heterocycles. The summed E-state index contributed by atoms with van der Waals surface area (Å²) in [6.07, 6.45) is 4.54. The number of rotatable bonds is 3.